The Balaban J connectivity index is 3.43. The van der Waals surface area contributed by atoms with Crippen molar-refractivity contribution in [3.63, 3.8) is 0 Å². The normalized spacial score (nSPS) is 16.0. The molecular weight excluding hydrogens is 144 g/mol. The molecule has 0 rings (SSSR count). The molecule has 2 atom stereocenters. The van der Waals surface area contributed by atoms with Crippen LogP contribution in [0.1, 0.15) is 59.8 Å². The smallest absolute Gasteiger partial charge is 0.0389 e. The molecule has 0 aliphatic rings. The summed E-state index contributed by atoms with van der Waals surface area (Å²) >= 11 is 0. The Hall–Kier alpha value is 0. The zero-order valence-electron chi connectivity index (χ0n) is 9.27. The highest BCUT2D eigenvalue weighted by Gasteiger charge is 2.06. The lowest BCUT2D eigenvalue weighted by atomic mass is 9.91. The van der Waals surface area contributed by atoms with Gasteiger partial charge in [0.05, 0.1) is 0 Å². The van der Waals surface area contributed by atoms with Gasteiger partial charge in [0.15, 0.2) is 0 Å². The second kappa shape index (κ2) is 7.64. The minimum Gasteiger partial charge on any atom is -0.0654 e. The summed E-state index contributed by atoms with van der Waals surface area (Å²) in [6, 6.07) is 0. The Morgan fingerprint density at radius 3 is 2.17 bits per heavy atom. The monoisotopic (exact) mass is 169 g/mol. The lowest BCUT2D eigenvalue weighted by Gasteiger charge is -2.15. The first kappa shape index (κ1) is 12.0. The second-order valence-electron chi connectivity index (χ2n) is 3.95. The molecule has 0 spiro atoms. The molecule has 0 fully saturated rings. The van der Waals surface area contributed by atoms with Crippen molar-refractivity contribution in [1.82, 2.24) is 0 Å². The van der Waals surface area contributed by atoms with Crippen molar-refractivity contribution < 1.29 is 0 Å². The van der Waals surface area contributed by atoms with Gasteiger partial charge in [-0.3, -0.25) is 0 Å². The predicted octanol–water partition coefficient (Wildman–Crippen LogP) is 4.45. The molecule has 0 aliphatic heterocycles. The van der Waals surface area contributed by atoms with Gasteiger partial charge in [0.1, 0.15) is 0 Å². The van der Waals surface area contributed by atoms with Gasteiger partial charge in [-0.1, -0.05) is 59.8 Å². The van der Waals surface area contributed by atoms with Gasteiger partial charge in [-0.05, 0) is 18.3 Å². The molecule has 0 N–H and O–H groups in total. The van der Waals surface area contributed by atoms with Gasteiger partial charge in [-0.25, -0.2) is 0 Å². The van der Waals surface area contributed by atoms with Crippen molar-refractivity contribution in [2.24, 2.45) is 11.8 Å². The third kappa shape index (κ3) is 5.62. The van der Waals surface area contributed by atoms with Gasteiger partial charge >= 0.3 is 0 Å². The molecule has 0 saturated heterocycles. The fourth-order valence-electron chi connectivity index (χ4n) is 1.63. The molecule has 0 heterocycles. The Bertz CT molecular complexity index is 86.0. The van der Waals surface area contributed by atoms with Crippen LogP contribution >= 0.6 is 0 Å². The summed E-state index contributed by atoms with van der Waals surface area (Å²) < 4.78 is 0. The van der Waals surface area contributed by atoms with E-state index in [4.69, 9.17) is 0 Å². The van der Waals surface area contributed by atoms with Crippen LogP contribution in [0.2, 0.25) is 0 Å². The maximum absolute atomic E-state index is 2.32. The molecule has 1 radical (unpaired) electrons. The van der Waals surface area contributed by atoms with Crippen LogP contribution in [0.15, 0.2) is 0 Å². The largest absolute Gasteiger partial charge is 0.0654 e. The van der Waals surface area contributed by atoms with Crippen molar-refractivity contribution in [2.75, 3.05) is 0 Å². The van der Waals surface area contributed by atoms with Crippen LogP contribution in [-0.2, 0) is 0 Å². The first-order valence-electron chi connectivity index (χ1n) is 5.54. The lowest BCUT2D eigenvalue weighted by molar-refractivity contribution is 0.392. The van der Waals surface area contributed by atoms with Crippen LogP contribution in [0.25, 0.3) is 0 Å². The lowest BCUT2D eigenvalue weighted by Crippen LogP contribution is -2.02. The maximum atomic E-state index is 2.32. The molecule has 0 aromatic carbocycles. The van der Waals surface area contributed by atoms with Gasteiger partial charge in [-0.2, -0.15) is 0 Å². The fourth-order valence-corrected chi connectivity index (χ4v) is 1.63. The van der Waals surface area contributed by atoms with Crippen molar-refractivity contribution in [3.8, 4) is 0 Å². The highest BCUT2D eigenvalue weighted by atomic mass is 14.1. The third-order valence-corrected chi connectivity index (χ3v) is 2.87. The second-order valence-corrected chi connectivity index (χ2v) is 3.95. The molecule has 0 bridgehead atoms. The average molecular weight is 169 g/mol. The zero-order valence-corrected chi connectivity index (χ0v) is 9.27. The van der Waals surface area contributed by atoms with Gasteiger partial charge in [-0.15, -0.1) is 0 Å². The standard InChI is InChI=1S/C12H25/c1-5-8-12(7-3)10-9-11(4)6-2/h6,11-12H,5,7-10H2,1-4H3. The quantitative estimate of drug-likeness (QED) is 0.528. The molecule has 2 unspecified atom stereocenters. The third-order valence-electron chi connectivity index (χ3n) is 2.87. The predicted molar refractivity (Wildman–Crippen MR) is 57.1 cm³/mol. The number of hydrogen-bond acceptors (Lipinski definition) is 0. The van der Waals surface area contributed by atoms with Gasteiger partial charge < -0.3 is 0 Å². The topological polar surface area (TPSA) is 0 Å². The Morgan fingerprint density at radius 2 is 1.75 bits per heavy atom. The summed E-state index contributed by atoms with van der Waals surface area (Å²) in [6.07, 6.45) is 9.27. The summed E-state index contributed by atoms with van der Waals surface area (Å²) in [6.45, 7) is 9.10. The number of rotatable bonds is 7. The van der Waals surface area contributed by atoms with Crippen molar-refractivity contribution >= 4 is 0 Å². The van der Waals surface area contributed by atoms with Crippen molar-refractivity contribution in [2.45, 2.75) is 59.8 Å². The Morgan fingerprint density at radius 1 is 1.08 bits per heavy atom. The summed E-state index contributed by atoms with van der Waals surface area (Å²) in [7, 11) is 0. The van der Waals surface area contributed by atoms with Crippen molar-refractivity contribution in [3.05, 3.63) is 6.42 Å². The molecule has 0 aliphatic carbocycles. The fraction of sp³-hybridized carbons (Fsp3) is 0.917. The molecule has 73 valence electrons. The van der Waals surface area contributed by atoms with E-state index in [1.165, 1.54) is 32.1 Å². The molecule has 0 saturated carbocycles. The van der Waals surface area contributed by atoms with E-state index < -0.39 is 0 Å². The molecule has 0 nitrogen and oxygen atoms in total. The summed E-state index contributed by atoms with van der Waals surface area (Å²) in [4.78, 5) is 0. The first-order valence-corrected chi connectivity index (χ1v) is 5.54. The first-order chi connectivity index (χ1) is 5.74. The van der Waals surface area contributed by atoms with Crippen LogP contribution in [0.4, 0.5) is 0 Å². The van der Waals surface area contributed by atoms with E-state index in [1.807, 2.05) is 0 Å². The molecular formula is C12H25. The van der Waals surface area contributed by atoms with Gasteiger partial charge in [0.25, 0.3) is 0 Å². The Labute approximate surface area is 78.8 Å². The molecule has 0 aromatic heterocycles. The highest BCUT2D eigenvalue weighted by Crippen LogP contribution is 2.20. The van der Waals surface area contributed by atoms with E-state index in [0.29, 0.717) is 0 Å². The maximum Gasteiger partial charge on any atom is -0.0389 e. The molecule has 0 amide bonds. The molecule has 0 aromatic rings. The summed E-state index contributed by atoms with van der Waals surface area (Å²) in [5, 5.41) is 0. The van der Waals surface area contributed by atoms with E-state index >= 15 is 0 Å². The van der Waals surface area contributed by atoms with Crippen LogP contribution in [0.5, 0.6) is 0 Å². The van der Waals surface area contributed by atoms with Crippen molar-refractivity contribution in [1.29, 1.82) is 0 Å². The van der Waals surface area contributed by atoms with Gasteiger partial charge in [0, 0.05) is 0 Å². The summed E-state index contributed by atoms with van der Waals surface area (Å²) in [5.41, 5.74) is 0. The molecule has 0 heteroatoms. The van der Waals surface area contributed by atoms with Crippen LogP contribution in [0.3, 0.4) is 0 Å². The van der Waals surface area contributed by atoms with Crippen LogP contribution in [0, 0.1) is 18.3 Å². The van der Waals surface area contributed by atoms with Crippen LogP contribution in [-0.4, -0.2) is 0 Å². The van der Waals surface area contributed by atoms with E-state index in [-0.39, 0.29) is 0 Å². The Kier molecular flexibility index (Phi) is 7.64. The minimum absolute atomic E-state index is 0.816. The van der Waals surface area contributed by atoms with E-state index in [9.17, 15) is 0 Å². The SMILES string of the molecule is C[CH]C(C)CCC(CC)CCC. The minimum atomic E-state index is 0.816. The molecule has 12 heavy (non-hydrogen) atoms. The van der Waals surface area contributed by atoms with E-state index in [0.717, 1.165) is 11.8 Å². The average Bonchev–Trinajstić information content (AvgIpc) is 2.11. The van der Waals surface area contributed by atoms with E-state index in [1.54, 1.807) is 0 Å². The summed E-state index contributed by atoms with van der Waals surface area (Å²) in [5.74, 6) is 1.80. The van der Waals surface area contributed by atoms with Crippen LogP contribution < -0.4 is 0 Å². The van der Waals surface area contributed by atoms with Gasteiger partial charge in [0.2, 0.25) is 0 Å². The number of hydrogen-bond donors (Lipinski definition) is 0. The van der Waals surface area contributed by atoms with E-state index in [2.05, 4.69) is 34.1 Å². The highest BCUT2D eigenvalue weighted by molar-refractivity contribution is 4.68. The zero-order chi connectivity index (χ0) is 9.40.